The smallest absolute Gasteiger partial charge is 0.343 e. The van der Waals surface area contributed by atoms with Crippen LogP contribution in [0.4, 0.5) is 0 Å². The number of carbonyl (C=O) groups is 2. The third-order valence-electron chi connectivity index (χ3n) is 6.82. The van der Waals surface area contributed by atoms with E-state index in [1.54, 1.807) is 0 Å². The van der Waals surface area contributed by atoms with Crippen molar-refractivity contribution in [2.75, 3.05) is 19.7 Å². The van der Waals surface area contributed by atoms with Gasteiger partial charge in [0.25, 0.3) is 5.56 Å². The molecule has 1 fully saturated rings. The fourth-order valence-electron chi connectivity index (χ4n) is 4.80. The minimum atomic E-state index is -3.78. The number of carbonyl (C=O) groups excluding carboxylic acids is 2. The second-order valence-electron chi connectivity index (χ2n) is 11.5. The van der Waals surface area contributed by atoms with E-state index in [1.165, 1.54) is 50.4 Å². The maximum Gasteiger partial charge on any atom is 0.343 e. The van der Waals surface area contributed by atoms with Crippen LogP contribution >= 0.6 is 15.9 Å². The summed E-state index contributed by atoms with van der Waals surface area (Å²) in [5.74, 6) is -2.19. The highest BCUT2D eigenvalue weighted by Gasteiger charge is 2.41. The molecule has 248 valence electrons. The van der Waals surface area contributed by atoms with Crippen LogP contribution < -0.4 is 11.2 Å². The van der Waals surface area contributed by atoms with Gasteiger partial charge in [-0.25, -0.2) is 18.0 Å². The number of H-pyrrole nitrogens is 1. The van der Waals surface area contributed by atoms with Crippen LogP contribution in [0.5, 0.6) is 0 Å². The van der Waals surface area contributed by atoms with E-state index in [1.807, 2.05) is 33.5 Å². The number of sulfonamides is 1. The number of halogens is 1. The lowest BCUT2D eigenvalue weighted by atomic mass is 10.1. The second-order valence-corrected chi connectivity index (χ2v) is 18.4. The van der Waals surface area contributed by atoms with Gasteiger partial charge in [-0.2, -0.15) is 4.31 Å². The van der Waals surface area contributed by atoms with Crippen molar-refractivity contribution in [3.8, 4) is 0 Å². The molecule has 0 saturated carbocycles. The van der Waals surface area contributed by atoms with Crippen molar-refractivity contribution >= 4 is 52.1 Å². The van der Waals surface area contributed by atoms with Gasteiger partial charge in [-0.15, -0.1) is 0 Å². The molecule has 4 atom stereocenters. The Morgan fingerprint density at radius 2 is 1.80 bits per heavy atom. The average Bonchev–Trinajstić information content (AvgIpc) is 3.36. The van der Waals surface area contributed by atoms with Gasteiger partial charge in [-0.3, -0.25) is 19.1 Å². The van der Waals surface area contributed by atoms with Crippen LogP contribution in [0.15, 0.2) is 49.9 Å². The maximum absolute atomic E-state index is 13.0. The van der Waals surface area contributed by atoms with Crippen molar-refractivity contribution < 1.29 is 37.0 Å². The zero-order valence-corrected chi connectivity index (χ0v) is 29.3. The Kier molecular flexibility index (Phi) is 12.8. The van der Waals surface area contributed by atoms with E-state index in [-0.39, 0.29) is 29.1 Å². The summed E-state index contributed by atoms with van der Waals surface area (Å²) in [7, 11) is -5.92. The maximum atomic E-state index is 13.0. The molecule has 0 spiro atoms. The molecule has 1 aromatic carbocycles. The molecule has 0 bridgehead atoms. The van der Waals surface area contributed by atoms with Gasteiger partial charge in [0.15, 0.2) is 8.32 Å². The molecule has 2 aromatic rings. The monoisotopic (exact) mass is 729 g/mol. The van der Waals surface area contributed by atoms with Gasteiger partial charge in [0.2, 0.25) is 21.9 Å². The summed E-state index contributed by atoms with van der Waals surface area (Å²) in [6, 6.07) is 5.01. The number of Topliss-reactive ketones (excluding diaryl/α,β-unsaturated/α-hetero) is 1. The summed E-state index contributed by atoms with van der Waals surface area (Å²) in [6.07, 6.45) is -0.142. The van der Waals surface area contributed by atoms with Crippen molar-refractivity contribution in [1.29, 1.82) is 0 Å². The number of aliphatic hydroxyl groups excluding tert-OH is 1. The lowest BCUT2D eigenvalue weighted by molar-refractivity contribution is -0.156. The fourth-order valence-corrected chi connectivity index (χ4v) is 7.87. The number of benzene rings is 1. The Labute approximate surface area is 271 Å². The van der Waals surface area contributed by atoms with E-state index >= 15 is 0 Å². The van der Waals surface area contributed by atoms with Gasteiger partial charge in [0, 0.05) is 31.3 Å². The molecule has 1 aliphatic heterocycles. The Morgan fingerprint density at radius 3 is 2.36 bits per heavy atom. The Balaban J connectivity index is 1.72. The zero-order valence-electron chi connectivity index (χ0n) is 25.9. The zero-order chi connectivity index (χ0) is 33.5. The third-order valence-corrected chi connectivity index (χ3v) is 10.0. The predicted octanol–water partition coefficient (Wildman–Crippen LogP) is 3.01. The van der Waals surface area contributed by atoms with Crippen molar-refractivity contribution in [2.24, 2.45) is 0 Å². The molecule has 0 amide bonds. The lowest BCUT2D eigenvalue weighted by Crippen LogP contribution is -2.40. The minimum absolute atomic E-state index is 0.00340. The number of hydrogen-bond donors (Lipinski definition) is 2. The van der Waals surface area contributed by atoms with E-state index in [4.69, 9.17) is 13.9 Å². The van der Waals surface area contributed by atoms with Crippen molar-refractivity contribution in [1.82, 2.24) is 13.9 Å². The molecule has 0 radical (unpaired) electrons. The number of rotatable bonds is 15. The van der Waals surface area contributed by atoms with Crippen LogP contribution in [-0.4, -0.2) is 85.5 Å². The summed E-state index contributed by atoms with van der Waals surface area (Å²) in [4.78, 5) is 54.0. The van der Waals surface area contributed by atoms with Gasteiger partial charge >= 0.3 is 11.7 Å². The molecular formula is C29H40BrN3O10SSi. The summed E-state index contributed by atoms with van der Waals surface area (Å²) in [5.41, 5.74) is -1.13. The lowest BCUT2D eigenvalue weighted by Gasteiger charge is -2.26. The third kappa shape index (κ3) is 9.40. The largest absolute Gasteiger partial charge is 0.461 e. The summed E-state index contributed by atoms with van der Waals surface area (Å²) >= 11 is 3.11. The molecule has 16 heteroatoms. The first-order valence-corrected chi connectivity index (χ1v) is 20.3. The number of aromatic nitrogens is 2. The first kappa shape index (κ1) is 36.7. The van der Waals surface area contributed by atoms with Crippen LogP contribution in [-0.2, 0) is 28.7 Å². The van der Waals surface area contributed by atoms with Crippen LogP contribution in [0.3, 0.4) is 0 Å². The van der Waals surface area contributed by atoms with Crippen LogP contribution in [0.2, 0.25) is 19.6 Å². The quantitative estimate of drug-likeness (QED) is 0.120. The molecule has 1 aromatic heterocycles. The molecule has 2 heterocycles. The standard InChI is InChI=1S/C29H40BrN3O10SSi/c1-6-14-32(15-7-2)44(39,40)21-10-8-19(9-11-21)25(34)26(35)28(37)41-18-23-22(43-45(3,4)5)16-24(42-23)33-17-20(12-13-30)27(36)31-29(33)38/h8-13,17,22-24,26,35H,6-7,14-16,18H2,1-5H3,(H,31,36,38)/b13-12+/t22?,23-,24-,26?/m0/s1. The Morgan fingerprint density at radius 1 is 1.18 bits per heavy atom. The van der Waals surface area contributed by atoms with E-state index in [0.29, 0.717) is 25.9 Å². The molecule has 45 heavy (non-hydrogen) atoms. The van der Waals surface area contributed by atoms with Gasteiger partial charge in [-0.05, 0) is 67.8 Å². The number of ether oxygens (including phenoxy) is 2. The van der Waals surface area contributed by atoms with Gasteiger partial charge in [0.05, 0.1) is 16.6 Å². The van der Waals surface area contributed by atoms with Crippen LogP contribution in [0.25, 0.3) is 6.08 Å². The second kappa shape index (κ2) is 15.7. The fraction of sp³-hybridized carbons (Fsp3) is 0.517. The normalized spacial score (nSPS) is 19.7. The average molecular weight is 731 g/mol. The van der Waals surface area contributed by atoms with Crippen LogP contribution in [0, 0.1) is 0 Å². The number of aromatic amines is 1. The summed E-state index contributed by atoms with van der Waals surface area (Å²) in [6.45, 7) is 9.95. The molecule has 2 unspecified atom stereocenters. The topological polar surface area (TPSA) is 174 Å². The number of nitrogens with zero attached hydrogens (tertiary/aromatic N) is 2. The number of ketones is 1. The van der Waals surface area contributed by atoms with Gasteiger partial charge in [-0.1, -0.05) is 29.8 Å². The molecular weight excluding hydrogens is 690 g/mol. The highest BCUT2D eigenvalue weighted by Crippen LogP contribution is 2.32. The molecule has 0 aliphatic carbocycles. The molecule has 3 rings (SSSR count). The van der Waals surface area contributed by atoms with Crippen molar-refractivity contribution in [3.05, 3.63) is 67.4 Å². The molecule has 13 nitrogen and oxygen atoms in total. The number of esters is 1. The van der Waals surface area contributed by atoms with Crippen molar-refractivity contribution in [3.63, 3.8) is 0 Å². The Bertz CT molecular complexity index is 1600. The molecule has 1 saturated heterocycles. The SMILES string of the molecule is CCCN(CCC)S(=O)(=O)c1ccc(C(=O)C(O)C(=O)OC[C@@H]2O[C@H](n3cc(/C=C/Br)c(=O)[nH]c3=O)CC2O[Si](C)(C)C)cc1. The first-order valence-electron chi connectivity index (χ1n) is 14.6. The van der Waals surface area contributed by atoms with E-state index in [9.17, 15) is 32.7 Å². The van der Waals surface area contributed by atoms with Crippen LogP contribution in [0.1, 0.15) is 55.3 Å². The molecule has 1 aliphatic rings. The number of nitrogens with one attached hydrogen (secondary N) is 1. The summed E-state index contributed by atoms with van der Waals surface area (Å²) in [5, 5.41) is 10.5. The predicted molar refractivity (Wildman–Crippen MR) is 173 cm³/mol. The Hall–Kier alpha value is -2.73. The highest BCUT2D eigenvalue weighted by molar-refractivity contribution is 9.11. The highest BCUT2D eigenvalue weighted by atomic mass is 79.9. The number of hydrogen-bond acceptors (Lipinski definition) is 10. The molecule has 2 N–H and O–H groups in total. The van der Waals surface area contributed by atoms with E-state index < -0.39 is 65.9 Å². The minimum Gasteiger partial charge on any atom is -0.461 e. The van der Waals surface area contributed by atoms with Gasteiger partial charge in [0.1, 0.15) is 18.9 Å². The van der Waals surface area contributed by atoms with E-state index in [2.05, 4.69) is 20.9 Å². The number of aliphatic hydroxyl groups is 1. The summed E-state index contributed by atoms with van der Waals surface area (Å²) < 4.78 is 46.1. The van der Waals surface area contributed by atoms with Gasteiger partial charge < -0.3 is 19.0 Å². The van der Waals surface area contributed by atoms with Crippen molar-refractivity contribution in [2.45, 2.75) is 82.2 Å². The first-order chi connectivity index (χ1) is 21.1. The van der Waals surface area contributed by atoms with E-state index in [0.717, 1.165) is 0 Å².